The van der Waals surface area contributed by atoms with E-state index < -0.39 is 5.91 Å². The Morgan fingerprint density at radius 2 is 1.83 bits per heavy atom. The number of hydrogen-bond acceptors (Lipinski definition) is 5. The Hall–Kier alpha value is -3.39. The number of carbonyl (C=O) groups is 3. The van der Waals surface area contributed by atoms with Crippen molar-refractivity contribution >= 4 is 45.8 Å². The van der Waals surface area contributed by atoms with Gasteiger partial charge in [-0.25, -0.2) is 0 Å². The van der Waals surface area contributed by atoms with E-state index in [0.717, 1.165) is 75.9 Å². The summed E-state index contributed by atoms with van der Waals surface area (Å²) in [5.41, 5.74) is 4.81. The van der Waals surface area contributed by atoms with Crippen molar-refractivity contribution in [2.75, 3.05) is 19.6 Å². The molecular formula is C27H28N4O3S. The van der Waals surface area contributed by atoms with Crippen LogP contribution in [-0.2, 0) is 9.59 Å². The number of hydrogen-bond donors (Lipinski definition) is 0. The molecule has 180 valence electrons. The van der Waals surface area contributed by atoms with E-state index in [9.17, 15) is 14.4 Å². The molecule has 0 unspecified atom stereocenters. The third-order valence-electron chi connectivity index (χ3n) is 6.73. The maximum atomic E-state index is 13.1. The summed E-state index contributed by atoms with van der Waals surface area (Å²) in [7, 11) is 0. The van der Waals surface area contributed by atoms with Crippen LogP contribution in [0.25, 0.3) is 22.7 Å². The molecule has 3 aromatic rings. The van der Waals surface area contributed by atoms with Crippen molar-refractivity contribution in [3.8, 4) is 5.69 Å². The van der Waals surface area contributed by atoms with Gasteiger partial charge in [0.15, 0.2) is 0 Å². The SMILES string of the molecule is Cc1cc(C=C2SC(=O)N(CC(=O)N3CCCCCC3)C2=O)c(C)n1-c1ccc2ncccc2c1. The van der Waals surface area contributed by atoms with Crippen molar-refractivity contribution in [2.24, 2.45) is 0 Å². The van der Waals surface area contributed by atoms with Crippen molar-refractivity contribution in [3.63, 3.8) is 0 Å². The molecule has 3 amide bonds. The van der Waals surface area contributed by atoms with Gasteiger partial charge in [-0.05, 0) is 80.4 Å². The van der Waals surface area contributed by atoms with Crippen molar-refractivity contribution in [1.29, 1.82) is 0 Å². The van der Waals surface area contributed by atoms with Gasteiger partial charge in [0.2, 0.25) is 5.91 Å². The van der Waals surface area contributed by atoms with E-state index >= 15 is 0 Å². The maximum absolute atomic E-state index is 13.1. The molecule has 0 spiro atoms. The molecule has 0 saturated carbocycles. The van der Waals surface area contributed by atoms with Crippen LogP contribution < -0.4 is 0 Å². The smallest absolute Gasteiger partial charge is 0.294 e. The second kappa shape index (κ2) is 9.70. The van der Waals surface area contributed by atoms with Crippen LogP contribution in [0.4, 0.5) is 4.79 Å². The average molecular weight is 489 g/mol. The van der Waals surface area contributed by atoms with Gasteiger partial charge in [-0.1, -0.05) is 18.9 Å². The predicted octanol–water partition coefficient (Wildman–Crippen LogP) is 5.08. The van der Waals surface area contributed by atoms with E-state index in [1.165, 1.54) is 0 Å². The van der Waals surface area contributed by atoms with Crippen LogP contribution in [0.1, 0.15) is 42.6 Å². The molecular weight excluding hydrogens is 460 g/mol. The normalized spacial score (nSPS) is 18.1. The lowest BCUT2D eigenvalue weighted by Gasteiger charge is -2.22. The van der Waals surface area contributed by atoms with Crippen LogP contribution in [0.2, 0.25) is 0 Å². The zero-order valence-electron chi connectivity index (χ0n) is 20.0. The molecule has 2 aliphatic heterocycles. The topological polar surface area (TPSA) is 75.5 Å². The molecule has 4 heterocycles. The van der Waals surface area contributed by atoms with E-state index in [-0.39, 0.29) is 17.7 Å². The van der Waals surface area contributed by atoms with Crippen LogP contribution in [0.15, 0.2) is 47.5 Å². The van der Waals surface area contributed by atoms with Gasteiger partial charge >= 0.3 is 0 Å². The van der Waals surface area contributed by atoms with E-state index in [1.54, 1.807) is 17.2 Å². The van der Waals surface area contributed by atoms with Crippen molar-refractivity contribution in [3.05, 3.63) is 64.5 Å². The van der Waals surface area contributed by atoms with Gasteiger partial charge in [0, 0.05) is 41.7 Å². The number of amides is 3. The molecule has 5 rings (SSSR count). The van der Waals surface area contributed by atoms with E-state index in [0.29, 0.717) is 18.0 Å². The van der Waals surface area contributed by atoms with Crippen molar-refractivity contribution < 1.29 is 14.4 Å². The number of nitrogens with zero attached hydrogens (tertiary/aromatic N) is 4. The molecule has 0 atom stereocenters. The summed E-state index contributed by atoms with van der Waals surface area (Å²) in [5.74, 6) is -0.552. The molecule has 35 heavy (non-hydrogen) atoms. The maximum Gasteiger partial charge on any atom is 0.294 e. The Kier molecular flexibility index (Phi) is 6.47. The summed E-state index contributed by atoms with van der Waals surface area (Å²) in [6.45, 7) is 5.22. The van der Waals surface area contributed by atoms with Gasteiger partial charge in [-0.3, -0.25) is 24.3 Å². The molecule has 0 aliphatic carbocycles. The summed E-state index contributed by atoms with van der Waals surface area (Å²) in [4.78, 5) is 46.0. The minimum atomic E-state index is -0.398. The Morgan fingerprint density at radius 1 is 1.06 bits per heavy atom. The lowest BCUT2D eigenvalue weighted by molar-refractivity contribution is -0.135. The standard InChI is InChI=1S/C27H28N4O3S/c1-18-14-21(19(2)31(18)22-9-10-23-20(15-22)8-7-11-28-23)16-24-26(33)30(27(34)35-24)17-25(32)29-12-5-3-4-6-13-29/h7-11,14-16H,3-6,12-13,17H2,1-2H3. The van der Waals surface area contributed by atoms with Crippen molar-refractivity contribution in [2.45, 2.75) is 39.5 Å². The first-order chi connectivity index (χ1) is 16.9. The number of likely N-dealkylation sites (tertiary alicyclic amines) is 1. The summed E-state index contributed by atoms with van der Waals surface area (Å²) in [6, 6.07) is 12.1. The Labute approximate surface area is 208 Å². The lowest BCUT2D eigenvalue weighted by Crippen LogP contribution is -2.42. The van der Waals surface area contributed by atoms with Crippen molar-refractivity contribution in [1.82, 2.24) is 19.4 Å². The van der Waals surface area contributed by atoms with Gasteiger partial charge in [-0.2, -0.15) is 0 Å². The fourth-order valence-electron chi connectivity index (χ4n) is 4.87. The molecule has 1 aromatic carbocycles. The molecule has 0 N–H and O–H groups in total. The number of benzene rings is 1. The number of rotatable bonds is 4. The molecule has 2 aliphatic rings. The highest BCUT2D eigenvalue weighted by Crippen LogP contribution is 2.34. The molecule has 0 radical (unpaired) electrons. The van der Waals surface area contributed by atoms with Crippen LogP contribution in [0, 0.1) is 13.8 Å². The Morgan fingerprint density at radius 3 is 2.60 bits per heavy atom. The fourth-order valence-corrected chi connectivity index (χ4v) is 5.70. The first-order valence-corrected chi connectivity index (χ1v) is 12.8. The average Bonchev–Trinajstić information content (AvgIpc) is 3.13. The first-order valence-electron chi connectivity index (χ1n) is 12.0. The van der Waals surface area contributed by atoms with Crippen LogP contribution in [0.3, 0.4) is 0 Å². The van der Waals surface area contributed by atoms with Gasteiger partial charge in [0.25, 0.3) is 11.1 Å². The van der Waals surface area contributed by atoms with Gasteiger partial charge in [0.05, 0.1) is 10.4 Å². The highest BCUT2D eigenvalue weighted by atomic mass is 32.2. The number of pyridine rings is 1. The van der Waals surface area contributed by atoms with E-state index in [2.05, 4.69) is 15.6 Å². The summed E-state index contributed by atoms with van der Waals surface area (Å²) in [6.07, 6.45) is 7.71. The number of thioether (sulfide) groups is 1. The fraction of sp³-hybridized carbons (Fsp3) is 0.333. The molecule has 2 aromatic heterocycles. The van der Waals surface area contributed by atoms with Gasteiger partial charge in [-0.15, -0.1) is 0 Å². The molecule has 2 saturated heterocycles. The summed E-state index contributed by atoms with van der Waals surface area (Å²) in [5, 5.41) is 0.662. The van der Waals surface area contributed by atoms with E-state index in [4.69, 9.17) is 0 Å². The number of aryl methyl sites for hydroxylation is 1. The third kappa shape index (κ3) is 4.62. The molecule has 0 bridgehead atoms. The second-order valence-corrected chi connectivity index (χ2v) is 10.1. The molecule has 7 nitrogen and oxygen atoms in total. The minimum absolute atomic E-state index is 0.153. The highest BCUT2D eigenvalue weighted by Gasteiger charge is 2.37. The number of carbonyl (C=O) groups excluding carboxylic acids is 3. The van der Waals surface area contributed by atoms with Crippen LogP contribution >= 0.6 is 11.8 Å². The summed E-state index contributed by atoms with van der Waals surface area (Å²) < 4.78 is 2.13. The third-order valence-corrected chi connectivity index (χ3v) is 7.63. The monoisotopic (exact) mass is 488 g/mol. The predicted molar refractivity (Wildman–Crippen MR) is 138 cm³/mol. The largest absolute Gasteiger partial charge is 0.341 e. The van der Waals surface area contributed by atoms with E-state index in [1.807, 2.05) is 44.2 Å². The number of fused-ring (bicyclic) bond motifs is 1. The zero-order chi connectivity index (χ0) is 24.5. The van der Waals surface area contributed by atoms with Gasteiger partial charge < -0.3 is 9.47 Å². The molecule has 8 heteroatoms. The quantitative estimate of drug-likeness (QED) is 0.479. The Balaban J connectivity index is 1.38. The van der Waals surface area contributed by atoms with Crippen LogP contribution in [-0.4, -0.2) is 56.0 Å². The zero-order valence-corrected chi connectivity index (χ0v) is 20.8. The second-order valence-electron chi connectivity index (χ2n) is 9.11. The summed E-state index contributed by atoms with van der Waals surface area (Å²) >= 11 is 0.901. The highest BCUT2D eigenvalue weighted by molar-refractivity contribution is 8.18. The number of aromatic nitrogens is 2. The first kappa shape index (κ1) is 23.4. The molecule has 2 fully saturated rings. The minimum Gasteiger partial charge on any atom is -0.341 e. The Bertz CT molecular complexity index is 1350. The lowest BCUT2D eigenvalue weighted by atomic mass is 10.2. The van der Waals surface area contributed by atoms with Crippen LogP contribution in [0.5, 0.6) is 0 Å². The number of imide groups is 1. The van der Waals surface area contributed by atoms with Gasteiger partial charge in [0.1, 0.15) is 6.54 Å².